The fourth-order valence-electron chi connectivity index (χ4n) is 5.31. The highest BCUT2D eigenvalue weighted by Crippen LogP contribution is 2.40. The molecule has 2 fully saturated rings. The van der Waals surface area contributed by atoms with Crippen molar-refractivity contribution >= 4 is 55.5 Å². The first-order valence-electron chi connectivity index (χ1n) is 13.8. The second-order valence-corrected chi connectivity index (χ2v) is 13.5. The van der Waals surface area contributed by atoms with Crippen molar-refractivity contribution in [2.24, 2.45) is 0 Å². The largest absolute Gasteiger partial charge is 0.483 e. The van der Waals surface area contributed by atoms with Crippen LogP contribution in [0.4, 0.5) is 4.79 Å². The molecule has 2 saturated heterocycles. The van der Waals surface area contributed by atoms with Crippen molar-refractivity contribution in [3.63, 3.8) is 0 Å². The van der Waals surface area contributed by atoms with Crippen molar-refractivity contribution in [3.8, 4) is 11.6 Å². The first-order valence-corrected chi connectivity index (χ1v) is 15.7. The second-order valence-electron chi connectivity index (χ2n) is 11.6. The molecule has 0 spiro atoms. The van der Waals surface area contributed by atoms with Gasteiger partial charge in [-0.05, 0) is 97.3 Å². The van der Waals surface area contributed by atoms with Crippen molar-refractivity contribution in [3.05, 3.63) is 62.1 Å². The Kier molecular flexibility index (Phi) is 10.4. The minimum atomic E-state index is -0.758. The number of hydrogen-bond acceptors (Lipinski definition) is 6. The van der Waals surface area contributed by atoms with E-state index in [2.05, 4.69) is 82.4 Å². The van der Waals surface area contributed by atoms with E-state index in [4.69, 9.17) is 24.3 Å². The Hall–Kier alpha value is -2.15. The van der Waals surface area contributed by atoms with Crippen LogP contribution < -0.4 is 9.47 Å². The van der Waals surface area contributed by atoms with Crippen LogP contribution in [-0.2, 0) is 4.74 Å². The van der Waals surface area contributed by atoms with Crippen molar-refractivity contribution in [1.82, 2.24) is 14.8 Å². The molecule has 0 radical (unpaired) electrons. The Morgan fingerprint density at radius 2 is 1.85 bits per heavy atom. The van der Waals surface area contributed by atoms with Crippen LogP contribution >= 0.6 is 38.5 Å². The summed E-state index contributed by atoms with van der Waals surface area (Å²) in [6, 6.07) is 16.8. The topological polar surface area (TPSA) is 84.4 Å². The number of benzene rings is 2. The van der Waals surface area contributed by atoms with Crippen LogP contribution in [0.15, 0.2) is 53.0 Å². The summed E-state index contributed by atoms with van der Waals surface area (Å²) < 4.78 is 19.3. The van der Waals surface area contributed by atoms with Gasteiger partial charge in [0.2, 0.25) is 5.88 Å². The third kappa shape index (κ3) is 7.63. The van der Waals surface area contributed by atoms with Gasteiger partial charge in [-0.25, -0.2) is 9.78 Å². The average Bonchev–Trinajstić information content (AvgIpc) is 3.57. The molecule has 41 heavy (non-hydrogen) atoms. The zero-order valence-corrected chi connectivity index (χ0v) is 28.2. The minimum absolute atomic E-state index is 0.000205. The van der Waals surface area contributed by atoms with E-state index in [0.717, 1.165) is 43.2 Å². The summed E-state index contributed by atoms with van der Waals surface area (Å²) in [5, 5.41) is 9.94. The van der Waals surface area contributed by atoms with Crippen LogP contribution in [0.2, 0.25) is 0 Å². The third-order valence-corrected chi connectivity index (χ3v) is 9.97. The smallest absolute Gasteiger partial charge is 0.407 e. The SMILES string of the molecule is CC(C)(C)N1C[C@@H]2C[C@H]1CN2C(=O)O.CO[C@@H](C)COc1ccc2cc(I)c(Br)c(O[C@@H](C)c3ccccc3)c2n1. The van der Waals surface area contributed by atoms with Gasteiger partial charge in [0.25, 0.3) is 0 Å². The van der Waals surface area contributed by atoms with Gasteiger partial charge in [0, 0.05) is 52.8 Å². The molecule has 222 valence electrons. The summed E-state index contributed by atoms with van der Waals surface area (Å²) in [6.45, 7) is 12.6. The number of nitrogens with zero attached hydrogens (tertiary/aromatic N) is 3. The van der Waals surface area contributed by atoms with Crippen molar-refractivity contribution < 1.29 is 24.1 Å². The van der Waals surface area contributed by atoms with Crippen molar-refractivity contribution in [2.75, 3.05) is 26.8 Å². The Bertz CT molecular complexity index is 1350. The van der Waals surface area contributed by atoms with E-state index in [-0.39, 0.29) is 23.8 Å². The minimum Gasteiger partial charge on any atom is -0.483 e. The molecule has 2 aromatic carbocycles. The highest BCUT2D eigenvalue weighted by atomic mass is 127. The Labute approximate surface area is 264 Å². The highest BCUT2D eigenvalue weighted by Gasteiger charge is 2.48. The Morgan fingerprint density at radius 1 is 1.15 bits per heavy atom. The molecule has 3 heterocycles. The normalized spacial score (nSPS) is 20.0. The van der Waals surface area contributed by atoms with E-state index in [0.29, 0.717) is 25.1 Å². The predicted octanol–water partition coefficient (Wildman–Crippen LogP) is 7.38. The quantitative estimate of drug-likeness (QED) is 0.253. The first kappa shape index (κ1) is 31.8. The number of ether oxygens (including phenoxy) is 3. The van der Waals surface area contributed by atoms with Gasteiger partial charge in [-0.3, -0.25) is 4.90 Å². The molecule has 0 unspecified atom stereocenters. The molecule has 3 aromatic rings. The number of amides is 1. The molecule has 4 atom stereocenters. The van der Waals surface area contributed by atoms with Crippen molar-refractivity contribution in [2.45, 2.75) is 70.9 Å². The number of halogens is 2. The molecular weight excluding hydrogens is 701 g/mol. The van der Waals surface area contributed by atoms with E-state index in [1.807, 2.05) is 44.2 Å². The van der Waals surface area contributed by atoms with Gasteiger partial charge in [0.1, 0.15) is 18.2 Å². The van der Waals surface area contributed by atoms with Gasteiger partial charge < -0.3 is 24.2 Å². The maximum atomic E-state index is 10.9. The van der Waals surface area contributed by atoms with Crippen molar-refractivity contribution in [1.29, 1.82) is 0 Å². The van der Waals surface area contributed by atoms with Crippen LogP contribution in [-0.4, -0.2) is 76.5 Å². The number of hydrogen-bond donors (Lipinski definition) is 1. The Morgan fingerprint density at radius 3 is 2.44 bits per heavy atom. The molecular formula is C31H39BrIN3O5. The van der Waals surface area contributed by atoms with E-state index in [1.54, 1.807) is 12.0 Å². The number of carbonyl (C=O) groups is 1. The summed E-state index contributed by atoms with van der Waals surface area (Å²) >= 11 is 5.96. The van der Waals surface area contributed by atoms with Gasteiger partial charge >= 0.3 is 6.09 Å². The lowest BCUT2D eigenvalue weighted by atomic mass is 10.0. The number of carboxylic acid groups (broad SMARTS) is 1. The summed E-state index contributed by atoms with van der Waals surface area (Å²) in [6.07, 6.45) is 0.151. The third-order valence-electron chi connectivity index (χ3n) is 7.59. The Balaban J connectivity index is 0.000000231. The number of rotatable bonds is 7. The lowest BCUT2D eigenvalue weighted by molar-refractivity contribution is 0.0559. The van der Waals surface area contributed by atoms with E-state index in [1.165, 1.54) is 0 Å². The van der Waals surface area contributed by atoms with Crippen LogP contribution in [0.5, 0.6) is 11.6 Å². The molecule has 2 bridgehead atoms. The van der Waals surface area contributed by atoms with Gasteiger partial charge in [0.05, 0.1) is 10.6 Å². The van der Waals surface area contributed by atoms with E-state index in [9.17, 15) is 4.79 Å². The highest BCUT2D eigenvalue weighted by molar-refractivity contribution is 14.1. The van der Waals surface area contributed by atoms with Gasteiger partial charge in [-0.15, -0.1) is 0 Å². The lowest BCUT2D eigenvalue weighted by Gasteiger charge is -2.41. The molecule has 0 saturated carbocycles. The number of likely N-dealkylation sites (tertiary alicyclic amines) is 2. The maximum Gasteiger partial charge on any atom is 0.407 e. The fourth-order valence-corrected chi connectivity index (χ4v) is 6.29. The molecule has 2 aliphatic rings. The second kappa shape index (κ2) is 13.4. The number of methoxy groups -OCH3 is 1. The molecule has 1 amide bonds. The molecule has 1 aromatic heterocycles. The maximum absolute atomic E-state index is 10.9. The van der Waals surface area contributed by atoms with Crippen LogP contribution in [0.1, 0.15) is 52.7 Å². The fraction of sp³-hybridized carbons (Fsp3) is 0.484. The van der Waals surface area contributed by atoms with E-state index < -0.39 is 6.09 Å². The summed E-state index contributed by atoms with van der Waals surface area (Å²) in [4.78, 5) is 19.6. The zero-order chi connectivity index (χ0) is 29.9. The standard InChI is InChI=1S/C21H21BrINO3.C10H18N2O2/c1-13(25-3)12-26-18-10-9-16-11-17(23)19(22)21(20(16)24-18)27-14(2)15-7-5-4-6-8-15;1-10(2,3)12-6-7-4-8(12)5-11(7)9(13)14/h4-11,13-14H,12H2,1-3H3;7-8H,4-6H2,1-3H3,(H,13,14)/t13-,14-;7-,8-/m00/s1. The summed E-state index contributed by atoms with van der Waals surface area (Å²) in [5.74, 6) is 1.27. The van der Waals surface area contributed by atoms with Crippen LogP contribution in [0, 0.1) is 3.57 Å². The molecule has 0 aliphatic carbocycles. The number of pyridine rings is 1. The predicted molar refractivity (Wildman–Crippen MR) is 173 cm³/mol. The molecule has 2 aliphatic heterocycles. The van der Waals surface area contributed by atoms with Gasteiger partial charge in [-0.2, -0.15) is 0 Å². The first-order chi connectivity index (χ1) is 19.4. The molecule has 10 heteroatoms. The van der Waals surface area contributed by atoms with Crippen LogP contribution in [0.25, 0.3) is 10.9 Å². The van der Waals surface area contributed by atoms with Gasteiger partial charge in [-0.1, -0.05) is 30.3 Å². The monoisotopic (exact) mass is 739 g/mol. The average molecular weight is 740 g/mol. The van der Waals surface area contributed by atoms with E-state index >= 15 is 0 Å². The van der Waals surface area contributed by atoms with Crippen LogP contribution in [0.3, 0.4) is 0 Å². The zero-order valence-electron chi connectivity index (χ0n) is 24.4. The van der Waals surface area contributed by atoms with Gasteiger partial charge in [0.15, 0.2) is 5.75 Å². The number of piperazine rings is 1. The lowest BCUT2D eigenvalue weighted by Crippen LogP contribution is -2.54. The summed E-state index contributed by atoms with van der Waals surface area (Å²) in [5.41, 5.74) is 2.05. The number of aromatic nitrogens is 1. The molecule has 5 rings (SSSR count). The number of fused-ring (bicyclic) bond motifs is 3. The molecule has 1 N–H and O–H groups in total. The molecule has 8 nitrogen and oxygen atoms in total. The summed E-state index contributed by atoms with van der Waals surface area (Å²) in [7, 11) is 1.66.